The van der Waals surface area contributed by atoms with Crippen molar-refractivity contribution in [1.29, 1.82) is 5.26 Å². The van der Waals surface area contributed by atoms with Crippen LogP contribution in [0.1, 0.15) is 18.9 Å². The van der Waals surface area contributed by atoms with Crippen LogP contribution in [0.15, 0.2) is 30.3 Å². The van der Waals surface area contributed by atoms with E-state index in [0.717, 1.165) is 11.6 Å². The van der Waals surface area contributed by atoms with Gasteiger partial charge in [-0.25, -0.2) is 4.79 Å². The molecule has 0 bridgehead atoms. The quantitative estimate of drug-likeness (QED) is 0.790. The van der Waals surface area contributed by atoms with E-state index in [2.05, 4.69) is 0 Å². The molecule has 1 atom stereocenters. The number of ether oxygens (including phenoxy) is 1. The molecule has 0 saturated heterocycles. The number of rotatable bonds is 5. The average Bonchev–Trinajstić information content (AvgIpc) is 2.34. The van der Waals surface area contributed by atoms with Crippen molar-refractivity contribution in [2.45, 2.75) is 19.4 Å². The number of carbonyl (C=O) groups is 1. The van der Waals surface area contributed by atoms with Gasteiger partial charge in [-0.3, -0.25) is 0 Å². The summed E-state index contributed by atoms with van der Waals surface area (Å²) >= 11 is 0. The van der Waals surface area contributed by atoms with E-state index in [-0.39, 0.29) is 0 Å². The first-order chi connectivity index (χ1) is 8.15. The van der Waals surface area contributed by atoms with E-state index in [4.69, 9.17) is 15.1 Å². The lowest BCUT2D eigenvalue weighted by Crippen LogP contribution is -2.11. The van der Waals surface area contributed by atoms with Crippen LogP contribution in [-0.4, -0.2) is 17.2 Å². The number of carboxylic acids is 1. The zero-order valence-electron chi connectivity index (χ0n) is 9.46. The van der Waals surface area contributed by atoms with Crippen molar-refractivity contribution in [1.82, 2.24) is 0 Å². The van der Waals surface area contributed by atoms with Gasteiger partial charge in [0.05, 0.1) is 0 Å². The molecule has 0 saturated carbocycles. The molecule has 1 aromatic carbocycles. The zero-order chi connectivity index (χ0) is 12.7. The highest BCUT2D eigenvalue weighted by molar-refractivity contribution is 5.85. The first-order valence-electron chi connectivity index (χ1n) is 5.23. The summed E-state index contributed by atoms with van der Waals surface area (Å²) in [5.74, 6) is -0.383. The molecule has 1 N–H and O–H groups in total. The van der Waals surface area contributed by atoms with Gasteiger partial charge in [0.15, 0.2) is 6.10 Å². The smallest absolute Gasteiger partial charge is 0.328 e. The molecule has 0 fully saturated rings. The summed E-state index contributed by atoms with van der Waals surface area (Å²) in [6, 6.07) is 8.93. The van der Waals surface area contributed by atoms with Crippen LogP contribution in [0.3, 0.4) is 0 Å². The molecule has 4 heteroatoms. The molecule has 88 valence electrons. The normalized spacial score (nSPS) is 12.0. The van der Waals surface area contributed by atoms with E-state index in [1.807, 2.05) is 13.0 Å². The van der Waals surface area contributed by atoms with Crippen molar-refractivity contribution >= 4 is 12.0 Å². The van der Waals surface area contributed by atoms with Gasteiger partial charge in [-0.05, 0) is 30.2 Å². The van der Waals surface area contributed by atoms with Crippen molar-refractivity contribution in [3.63, 3.8) is 0 Å². The van der Waals surface area contributed by atoms with E-state index < -0.39 is 12.1 Å². The van der Waals surface area contributed by atoms with Gasteiger partial charge in [-0.15, -0.1) is 0 Å². The molecule has 1 unspecified atom stereocenters. The Hall–Kier alpha value is -2.28. The highest BCUT2D eigenvalue weighted by atomic mass is 16.5. The maximum absolute atomic E-state index is 10.3. The van der Waals surface area contributed by atoms with Crippen molar-refractivity contribution in [2.24, 2.45) is 0 Å². The Morgan fingerprint density at radius 1 is 1.53 bits per heavy atom. The van der Waals surface area contributed by atoms with E-state index in [1.54, 1.807) is 24.3 Å². The van der Waals surface area contributed by atoms with Gasteiger partial charge in [0.25, 0.3) is 0 Å². The van der Waals surface area contributed by atoms with Gasteiger partial charge in [0.2, 0.25) is 0 Å². The molecule has 4 nitrogen and oxygen atoms in total. The van der Waals surface area contributed by atoms with Gasteiger partial charge in [-0.2, -0.15) is 5.26 Å². The van der Waals surface area contributed by atoms with Crippen LogP contribution in [-0.2, 0) is 4.79 Å². The van der Waals surface area contributed by atoms with Gasteiger partial charge in [0, 0.05) is 6.08 Å². The van der Waals surface area contributed by atoms with Crippen LogP contribution in [0.4, 0.5) is 0 Å². The molecular weight excluding hydrogens is 218 g/mol. The predicted octanol–water partition coefficient (Wildman–Crippen LogP) is 2.47. The van der Waals surface area contributed by atoms with E-state index in [0.29, 0.717) is 12.2 Å². The number of nitriles is 1. The number of nitrogens with zero attached hydrogens (tertiary/aromatic N) is 1. The number of carboxylic acid groups (broad SMARTS) is 1. The fraction of sp³-hybridized carbons (Fsp3) is 0.231. The van der Waals surface area contributed by atoms with Crippen molar-refractivity contribution in [2.75, 3.05) is 0 Å². The summed E-state index contributed by atoms with van der Waals surface area (Å²) in [5.41, 5.74) is 0.768. The molecule has 0 radical (unpaired) electrons. The van der Waals surface area contributed by atoms with E-state index in [1.165, 1.54) is 6.08 Å². The molecular formula is C13H13NO3. The van der Waals surface area contributed by atoms with Crippen LogP contribution in [0, 0.1) is 11.3 Å². The SMILES string of the molecule is CCC(C#N)Oc1ccc(C=CC(=O)O)cc1. The summed E-state index contributed by atoms with van der Waals surface area (Å²) in [7, 11) is 0. The summed E-state index contributed by atoms with van der Waals surface area (Å²) in [6.07, 6.45) is 2.74. The molecule has 1 aromatic rings. The Kier molecular flexibility index (Phi) is 4.77. The maximum Gasteiger partial charge on any atom is 0.328 e. The first kappa shape index (κ1) is 12.8. The van der Waals surface area contributed by atoms with Crippen molar-refractivity contribution < 1.29 is 14.6 Å². The minimum atomic E-state index is -0.985. The highest BCUT2D eigenvalue weighted by Crippen LogP contribution is 2.15. The molecule has 0 aliphatic heterocycles. The molecule has 0 heterocycles. The highest BCUT2D eigenvalue weighted by Gasteiger charge is 2.05. The Balaban J connectivity index is 2.68. The minimum absolute atomic E-state index is 0.449. The summed E-state index contributed by atoms with van der Waals surface area (Å²) in [6.45, 7) is 1.87. The lowest BCUT2D eigenvalue weighted by Gasteiger charge is -2.09. The molecule has 0 aliphatic carbocycles. The Labute approximate surface area is 99.8 Å². The van der Waals surface area contributed by atoms with E-state index >= 15 is 0 Å². The third kappa shape index (κ3) is 4.39. The Morgan fingerprint density at radius 3 is 2.65 bits per heavy atom. The van der Waals surface area contributed by atoms with Crippen molar-refractivity contribution in [3.8, 4) is 11.8 Å². The van der Waals surface area contributed by atoms with Crippen LogP contribution in [0.5, 0.6) is 5.75 Å². The van der Waals surface area contributed by atoms with Crippen LogP contribution in [0.25, 0.3) is 6.08 Å². The third-order valence-electron chi connectivity index (χ3n) is 2.09. The summed E-state index contributed by atoms with van der Waals surface area (Å²) in [4.78, 5) is 10.3. The first-order valence-corrected chi connectivity index (χ1v) is 5.23. The standard InChI is InChI=1S/C13H13NO3/c1-2-11(9-14)17-12-6-3-10(4-7-12)5-8-13(15)16/h3-8,11H,2H2,1H3,(H,15,16). The molecule has 17 heavy (non-hydrogen) atoms. The average molecular weight is 231 g/mol. The molecule has 0 aliphatic rings. The molecule has 0 amide bonds. The Bertz CT molecular complexity index is 443. The van der Waals surface area contributed by atoms with Crippen LogP contribution < -0.4 is 4.74 Å². The largest absolute Gasteiger partial charge is 0.478 e. The second-order valence-electron chi connectivity index (χ2n) is 3.38. The number of hydrogen-bond donors (Lipinski definition) is 1. The summed E-state index contributed by atoms with van der Waals surface area (Å²) < 4.78 is 5.39. The maximum atomic E-state index is 10.3. The third-order valence-corrected chi connectivity index (χ3v) is 2.09. The van der Waals surface area contributed by atoms with E-state index in [9.17, 15) is 4.79 Å². The monoisotopic (exact) mass is 231 g/mol. The van der Waals surface area contributed by atoms with Crippen LogP contribution >= 0.6 is 0 Å². The van der Waals surface area contributed by atoms with Gasteiger partial charge in [-0.1, -0.05) is 19.1 Å². The second-order valence-corrected chi connectivity index (χ2v) is 3.38. The van der Waals surface area contributed by atoms with Crippen LogP contribution in [0.2, 0.25) is 0 Å². The number of aliphatic carboxylic acids is 1. The number of hydrogen-bond acceptors (Lipinski definition) is 3. The molecule has 1 rings (SSSR count). The van der Waals surface area contributed by atoms with Crippen molar-refractivity contribution in [3.05, 3.63) is 35.9 Å². The molecule has 0 spiro atoms. The number of benzene rings is 1. The lowest BCUT2D eigenvalue weighted by atomic mass is 10.2. The van der Waals surface area contributed by atoms with Gasteiger partial charge >= 0.3 is 5.97 Å². The van der Waals surface area contributed by atoms with Gasteiger partial charge in [0.1, 0.15) is 11.8 Å². The zero-order valence-corrected chi connectivity index (χ0v) is 9.46. The summed E-state index contributed by atoms with van der Waals surface area (Å²) in [5, 5.41) is 17.2. The lowest BCUT2D eigenvalue weighted by molar-refractivity contribution is -0.131. The topological polar surface area (TPSA) is 70.3 Å². The second kappa shape index (κ2) is 6.33. The fourth-order valence-corrected chi connectivity index (χ4v) is 1.19. The Morgan fingerprint density at radius 2 is 2.18 bits per heavy atom. The minimum Gasteiger partial charge on any atom is -0.478 e. The molecule has 0 aromatic heterocycles. The predicted molar refractivity (Wildman–Crippen MR) is 63.4 cm³/mol. The van der Waals surface area contributed by atoms with Gasteiger partial charge < -0.3 is 9.84 Å². The fourth-order valence-electron chi connectivity index (χ4n) is 1.19.